The number of halogens is 1. The standard InChI is InChI=1S/C20H19BrN4O2/c1-12-4-6-15(8-13(12)2)17-10-18(24-23-17)20(26)25-22-11-14-5-7-19(27-3)16(21)9-14/h4-11H,1-3H3,(H,23,24)(H,25,26). The summed E-state index contributed by atoms with van der Waals surface area (Å²) in [7, 11) is 1.60. The van der Waals surface area contributed by atoms with Gasteiger partial charge in [-0.15, -0.1) is 0 Å². The van der Waals surface area contributed by atoms with Gasteiger partial charge in [-0.3, -0.25) is 9.89 Å². The van der Waals surface area contributed by atoms with E-state index in [0.29, 0.717) is 11.4 Å². The molecule has 0 fully saturated rings. The third kappa shape index (κ3) is 4.43. The van der Waals surface area contributed by atoms with Crippen molar-refractivity contribution in [1.82, 2.24) is 15.6 Å². The number of aryl methyl sites for hydroxylation is 2. The molecule has 0 bridgehead atoms. The van der Waals surface area contributed by atoms with Gasteiger partial charge in [0, 0.05) is 5.56 Å². The number of aromatic nitrogens is 2. The number of hydrogen-bond donors (Lipinski definition) is 2. The highest BCUT2D eigenvalue weighted by atomic mass is 79.9. The first-order valence-electron chi connectivity index (χ1n) is 8.28. The van der Waals surface area contributed by atoms with Crippen molar-refractivity contribution in [2.75, 3.05) is 7.11 Å². The lowest BCUT2D eigenvalue weighted by Gasteiger charge is -2.03. The molecular weight excluding hydrogens is 408 g/mol. The highest BCUT2D eigenvalue weighted by Gasteiger charge is 2.11. The summed E-state index contributed by atoms with van der Waals surface area (Å²) in [5, 5.41) is 11.0. The Hall–Kier alpha value is -2.93. The first-order chi connectivity index (χ1) is 13.0. The summed E-state index contributed by atoms with van der Waals surface area (Å²) in [4.78, 5) is 12.2. The molecule has 3 rings (SSSR count). The largest absolute Gasteiger partial charge is 0.496 e. The summed E-state index contributed by atoms with van der Waals surface area (Å²) >= 11 is 3.41. The molecule has 138 valence electrons. The Morgan fingerprint density at radius 3 is 2.70 bits per heavy atom. The molecule has 0 saturated heterocycles. The summed E-state index contributed by atoms with van der Waals surface area (Å²) in [5.74, 6) is 0.369. The minimum absolute atomic E-state index is 0.344. The number of aromatic amines is 1. The van der Waals surface area contributed by atoms with Gasteiger partial charge in [-0.1, -0.05) is 12.1 Å². The van der Waals surface area contributed by atoms with Crippen molar-refractivity contribution < 1.29 is 9.53 Å². The molecule has 2 N–H and O–H groups in total. The SMILES string of the molecule is COc1ccc(C=NNC(=O)c2cc(-c3ccc(C)c(C)c3)n[nH]2)cc1Br. The van der Waals surface area contributed by atoms with Gasteiger partial charge in [0.15, 0.2) is 0 Å². The van der Waals surface area contributed by atoms with E-state index < -0.39 is 0 Å². The van der Waals surface area contributed by atoms with Crippen molar-refractivity contribution in [2.24, 2.45) is 5.10 Å². The maximum atomic E-state index is 12.2. The number of ether oxygens (including phenoxy) is 1. The average Bonchev–Trinajstić information content (AvgIpc) is 3.14. The van der Waals surface area contributed by atoms with E-state index in [0.717, 1.165) is 21.3 Å². The van der Waals surface area contributed by atoms with E-state index in [1.807, 2.05) is 43.3 Å². The Morgan fingerprint density at radius 2 is 2.00 bits per heavy atom. The summed E-state index contributed by atoms with van der Waals surface area (Å²) in [6, 6.07) is 13.3. The Bertz CT molecular complexity index is 1010. The van der Waals surface area contributed by atoms with Gasteiger partial charge in [-0.25, -0.2) is 5.43 Å². The first-order valence-corrected chi connectivity index (χ1v) is 9.07. The third-order valence-electron chi connectivity index (χ3n) is 4.18. The molecule has 7 heteroatoms. The molecule has 0 aliphatic heterocycles. The number of hydrogen-bond acceptors (Lipinski definition) is 4. The number of nitrogens with one attached hydrogen (secondary N) is 2. The lowest BCUT2D eigenvalue weighted by Crippen LogP contribution is -2.18. The van der Waals surface area contributed by atoms with Crippen LogP contribution in [0.3, 0.4) is 0 Å². The molecule has 0 saturated carbocycles. The quantitative estimate of drug-likeness (QED) is 0.473. The van der Waals surface area contributed by atoms with Crippen molar-refractivity contribution in [3.8, 4) is 17.0 Å². The van der Waals surface area contributed by atoms with Crippen LogP contribution in [0.25, 0.3) is 11.3 Å². The molecule has 3 aromatic rings. The lowest BCUT2D eigenvalue weighted by atomic mass is 10.0. The molecule has 0 aliphatic rings. The Balaban J connectivity index is 1.67. The van der Waals surface area contributed by atoms with Crippen LogP contribution in [0.4, 0.5) is 0 Å². The highest BCUT2D eigenvalue weighted by Crippen LogP contribution is 2.25. The van der Waals surface area contributed by atoms with E-state index in [1.54, 1.807) is 19.4 Å². The van der Waals surface area contributed by atoms with Crippen molar-refractivity contribution in [2.45, 2.75) is 13.8 Å². The normalized spacial score (nSPS) is 11.0. The Labute approximate surface area is 165 Å². The van der Waals surface area contributed by atoms with Gasteiger partial charge in [-0.05, 0) is 76.8 Å². The molecule has 2 aromatic carbocycles. The van der Waals surface area contributed by atoms with Crippen LogP contribution in [0.1, 0.15) is 27.2 Å². The van der Waals surface area contributed by atoms with E-state index in [-0.39, 0.29) is 5.91 Å². The van der Waals surface area contributed by atoms with E-state index in [2.05, 4.69) is 43.6 Å². The van der Waals surface area contributed by atoms with Gasteiger partial charge < -0.3 is 4.74 Å². The van der Waals surface area contributed by atoms with Gasteiger partial charge in [0.1, 0.15) is 11.4 Å². The van der Waals surface area contributed by atoms with Gasteiger partial charge in [0.25, 0.3) is 5.91 Å². The number of amides is 1. The zero-order chi connectivity index (χ0) is 19.4. The number of benzene rings is 2. The summed E-state index contributed by atoms with van der Waals surface area (Å²) < 4.78 is 5.99. The van der Waals surface area contributed by atoms with E-state index in [1.165, 1.54) is 11.1 Å². The fourth-order valence-corrected chi connectivity index (χ4v) is 3.03. The van der Waals surface area contributed by atoms with Gasteiger partial charge >= 0.3 is 0 Å². The molecule has 0 spiro atoms. The maximum Gasteiger partial charge on any atom is 0.289 e. The van der Waals surface area contributed by atoms with Crippen LogP contribution >= 0.6 is 15.9 Å². The zero-order valence-electron chi connectivity index (χ0n) is 15.2. The molecule has 0 unspecified atom stereocenters. The van der Waals surface area contributed by atoms with Crippen molar-refractivity contribution in [3.05, 3.63) is 69.3 Å². The van der Waals surface area contributed by atoms with E-state index in [4.69, 9.17) is 4.74 Å². The molecular formula is C20H19BrN4O2. The van der Waals surface area contributed by atoms with Crippen molar-refractivity contribution in [1.29, 1.82) is 0 Å². The minimum atomic E-state index is -0.360. The second-order valence-corrected chi connectivity index (χ2v) is 6.91. The van der Waals surface area contributed by atoms with Gasteiger partial charge in [0.05, 0.1) is 23.5 Å². The van der Waals surface area contributed by atoms with Crippen LogP contribution in [0.5, 0.6) is 5.75 Å². The number of carbonyl (C=O) groups is 1. The van der Waals surface area contributed by atoms with Crippen LogP contribution in [0.2, 0.25) is 0 Å². The van der Waals surface area contributed by atoms with Crippen LogP contribution in [-0.2, 0) is 0 Å². The number of methoxy groups -OCH3 is 1. The molecule has 1 aromatic heterocycles. The molecule has 0 atom stereocenters. The molecule has 6 nitrogen and oxygen atoms in total. The molecule has 27 heavy (non-hydrogen) atoms. The summed E-state index contributed by atoms with van der Waals surface area (Å²) in [6.45, 7) is 4.10. The molecule has 1 heterocycles. The topological polar surface area (TPSA) is 79.4 Å². The predicted octanol–water partition coefficient (Wildman–Crippen LogP) is 4.23. The highest BCUT2D eigenvalue weighted by molar-refractivity contribution is 9.10. The van der Waals surface area contributed by atoms with Gasteiger partial charge in [-0.2, -0.15) is 10.2 Å². The second kappa shape index (κ2) is 8.18. The van der Waals surface area contributed by atoms with E-state index in [9.17, 15) is 4.79 Å². The predicted molar refractivity (Wildman–Crippen MR) is 109 cm³/mol. The monoisotopic (exact) mass is 426 g/mol. The summed E-state index contributed by atoms with van der Waals surface area (Å²) in [5.41, 5.74) is 7.72. The van der Waals surface area contributed by atoms with E-state index >= 15 is 0 Å². The van der Waals surface area contributed by atoms with Crippen LogP contribution in [-0.4, -0.2) is 29.4 Å². The van der Waals surface area contributed by atoms with Gasteiger partial charge in [0.2, 0.25) is 0 Å². The van der Waals surface area contributed by atoms with Crippen LogP contribution < -0.4 is 10.2 Å². The fourth-order valence-electron chi connectivity index (χ4n) is 2.48. The third-order valence-corrected chi connectivity index (χ3v) is 4.80. The number of H-pyrrole nitrogens is 1. The average molecular weight is 427 g/mol. The lowest BCUT2D eigenvalue weighted by molar-refractivity contribution is 0.0950. The second-order valence-electron chi connectivity index (χ2n) is 6.06. The zero-order valence-corrected chi connectivity index (χ0v) is 16.8. The van der Waals surface area contributed by atoms with Crippen molar-refractivity contribution >= 4 is 28.1 Å². The summed E-state index contributed by atoms with van der Waals surface area (Å²) in [6.07, 6.45) is 1.56. The number of nitrogens with zero attached hydrogens (tertiary/aromatic N) is 2. The minimum Gasteiger partial charge on any atom is -0.496 e. The molecule has 0 aliphatic carbocycles. The molecule has 0 radical (unpaired) electrons. The van der Waals surface area contributed by atoms with Crippen LogP contribution in [0, 0.1) is 13.8 Å². The maximum absolute atomic E-state index is 12.2. The number of carbonyl (C=O) groups excluding carboxylic acids is 1. The first kappa shape index (κ1) is 18.8. The number of hydrazone groups is 1. The van der Waals surface area contributed by atoms with Crippen molar-refractivity contribution in [3.63, 3.8) is 0 Å². The molecule has 1 amide bonds. The Kier molecular flexibility index (Phi) is 5.71. The smallest absolute Gasteiger partial charge is 0.289 e. The van der Waals surface area contributed by atoms with Crippen LogP contribution in [0.15, 0.2) is 52.0 Å². The Morgan fingerprint density at radius 1 is 1.19 bits per heavy atom. The number of rotatable bonds is 5. The fraction of sp³-hybridized carbons (Fsp3) is 0.150.